The van der Waals surface area contributed by atoms with Crippen molar-refractivity contribution in [3.05, 3.63) is 47.3 Å². The minimum Gasteiger partial charge on any atom is -0.364 e. The van der Waals surface area contributed by atoms with Gasteiger partial charge in [-0.1, -0.05) is 6.92 Å². The van der Waals surface area contributed by atoms with E-state index in [2.05, 4.69) is 66.0 Å². The molecule has 0 radical (unpaired) electrons. The lowest BCUT2D eigenvalue weighted by atomic mass is 10.0. The first-order valence-electron chi connectivity index (χ1n) is 9.24. The van der Waals surface area contributed by atoms with Crippen molar-refractivity contribution in [3.8, 4) is 0 Å². The number of carbonyl (C=O) groups is 1. The molecule has 0 spiro atoms. The molecule has 1 aromatic heterocycles. The van der Waals surface area contributed by atoms with Crippen LogP contribution in [0.2, 0.25) is 0 Å². The van der Waals surface area contributed by atoms with Crippen molar-refractivity contribution in [1.29, 1.82) is 0 Å². The van der Waals surface area contributed by atoms with Crippen molar-refractivity contribution in [2.45, 2.75) is 53.1 Å². The molecule has 132 valence electrons. The maximum atomic E-state index is 12.3. The molecule has 1 aliphatic carbocycles. The molecular weight excluding hydrogens is 310 g/mol. The summed E-state index contributed by atoms with van der Waals surface area (Å²) >= 11 is 0. The average Bonchev–Trinajstić information content (AvgIpc) is 3.10. The normalized spacial score (nSPS) is 18.0. The van der Waals surface area contributed by atoms with Crippen molar-refractivity contribution < 1.29 is 4.79 Å². The van der Waals surface area contributed by atoms with Gasteiger partial charge in [0.1, 0.15) is 0 Å². The van der Waals surface area contributed by atoms with Crippen LogP contribution in [0.15, 0.2) is 30.5 Å². The molecule has 2 heterocycles. The fourth-order valence-electron chi connectivity index (χ4n) is 3.82. The molecule has 1 aromatic carbocycles. The van der Waals surface area contributed by atoms with Crippen LogP contribution in [0.5, 0.6) is 0 Å². The van der Waals surface area contributed by atoms with E-state index in [-0.39, 0.29) is 11.3 Å². The Kier molecular flexibility index (Phi) is 3.86. The molecule has 2 aromatic rings. The summed E-state index contributed by atoms with van der Waals surface area (Å²) in [7, 11) is 0. The van der Waals surface area contributed by atoms with E-state index in [9.17, 15) is 4.79 Å². The Bertz CT molecular complexity index is 793. The maximum Gasteiger partial charge on any atom is 0.224 e. The van der Waals surface area contributed by atoms with Crippen LogP contribution in [0.1, 0.15) is 43.0 Å². The SMILES string of the molecule is Cc1cc(N2CCn3cccc3C2)cc(C)c1NC(=O)CC1(C)CC1. The minimum atomic E-state index is 0.148. The Hall–Kier alpha value is -2.23. The van der Waals surface area contributed by atoms with Crippen molar-refractivity contribution in [3.63, 3.8) is 0 Å². The number of amides is 1. The second-order valence-corrected chi connectivity index (χ2v) is 8.10. The second-order valence-electron chi connectivity index (χ2n) is 8.10. The van der Waals surface area contributed by atoms with E-state index >= 15 is 0 Å². The van der Waals surface area contributed by atoms with Crippen LogP contribution >= 0.6 is 0 Å². The Morgan fingerprint density at radius 2 is 1.92 bits per heavy atom. The summed E-state index contributed by atoms with van der Waals surface area (Å²) in [4.78, 5) is 14.8. The summed E-state index contributed by atoms with van der Waals surface area (Å²) < 4.78 is 2.32. The van der Waals surface area contributed by atoms with Crippen molar-refractivity contribution in [1.82, 2.24) is 4.57 Å². The van der Waals surface area contributed by atoms with E-state index in [4.69, 9.17) is 0 Å². The van der Waals surface area contributed by atoms with E-state index in [1.165, 1.54) is 24.2 Å². The molecule has 0 unspecified atom stereocenters. The largest absolute Gasteiger partial charge is 0.364 e. The number of hydrogen-bond donors (Lipinski definition) is 1. The number of rotatable bonds is 4. The van der Waals surface area contributed by atoms with Crippen LogP contribution in [-0.4, -0.2) is 17.0 Å². The first-order valence-corrected chi connectivity index (χ1v) is 9.24. The van der Waals surface area contributed by atoms with Gasteiger partial charge >= 0.3 is 0 Å². The molecule has 0 atom stereocenters. The zero-order chi connectivity index (χ0) is 17.6. The van der Waals surface area contributed by atoms with Crippen molar-refractivity contribution in [2.24, 2.45) is 5.41 Å². The maximum absolute atomic E-state index is 12.3. The summed E-state index contributed by atoms with van der Waals surface area (Å²) in [6.45, 7) is 9.37. The average molecular weight is 337 g/mol. The van der Waals surface area contributed by atoms with Crippen LogP contribution in [0.3, 0.4) is 0 Å². The number of aromatic nitrogens is 1. The first-order chi connectivity index (χ1) is 11.9. The predicted molar refractivity (Wildman–Crippen MR) is 102 cm³/mol. The minimum absolute atomic E-state index is 0.148. The highest BCUT2D eigenvalue weighted by Gasteiger charge is 2.39. The van der Waals surface area contributed by atoms with E-state index < -0.39 is 0 Å². The number of carbonyl (C=O) groups excluding carboxylic acids is 1. The van der Waals surface area contributed by atoms with E-state index in [0.29, 0.717) is 6.42 Å². The fraction of sp³-hybridized carbons (Fsp3) is 0.476. The Morgan fingerprint density at radius 3 is 2.60 bits per heavy atom. The van der Waals surface area contributed by atoms with Crippen LogP contribution in [0.25, 0.3) is 0 Å². The van der Waals surface area contributed by atoms with E-state index in [1.54, 1.807) is 0 Å². The van der Waals surface area contributed by atoms with Gasteiger partial charge in [-0.3, -0.25) is 4.79 Å². The Labute approximate surface area is 149 Å². The Balaban J connectivity index is 1.51. The zero-order valence-electron chi connectivity index (χ0n) is 15.4. The second kappa shape index (κ2) is 5.94. The third-order valence-electron chi connectivity index (χ3n) is 5.73. The quantitative estimate of drug-likeness (QED) is 0.905. The molecular formula is C21H27N3O. The molecule has 1 saturated carbocycles. The molecule has 2 aliphatic rings. The van der Waals surface area contributed by atoms with Gasteiger partial charge in [0.25, 0.3) is 0 Å². The number of fused-ring (bicyclic) bond motifs is 1. The van der Waals surface area contributed by atoms with Gasteiger partial charge in [-0.05, 0) is 67.5 Å². The van der Waals surface area contributed by atoms with Gasteiger partial charge in [0, 0.05) is 42.8 Å². The lowest BCUT2D eigenvalue weighted by molar-refractivity contribution is -0.117. The van der Waals surface area contributed by atoms with Crippen molar-refractivity contribution in [2.75, 3.05) is 16.8 Å². The highest BCUT2D eigenvalue weighted by atomic mass is 16.1. The molecule has 25 heavy (non-hydrogen) atoms. The third-order valence-corrected chi connectivity index (χ3v) is 5.73. The lowest BCUT2D eigenvalue weighted by Crippen LogP contribution is -2.33. The summed E-state index contributed by atoms with van der Waals surface area (Å²) in [6.07, 6.45) is 5.14. The smallest absolute Gasteiger partial charge is 0.224 e. The molecule has 1 aliphatic heterocycles. The molecule has 4 nitrogen and oxygen atoms in total. The molecule has 1 amide bonds. The van der Waals surface area contributed by atoms with Gasteiger partial charge in [0.15, 0.2) is 0 Å². The van der Waals surface area contributed by atoms with Gasteiger partial charge in [-0.2, -0.15) is 0 Å². The first kappa shape index (κ1) is 16.2. The van der Waals surface area contributed by atoms with Gasteiger partial charge in [-0.15, -0.1) is 0 Å². The number of nitrogens with zero attached hydrogens (tertiary/aromatic N) is 2. The highest BCUT2D eigenvalue weighted by molar-refractivity contribution is 5.93. The topological polar surface area (TPSA) is 37.3 Å². The standard InChI is InChI=1S/C21H27N3O/c1-15-11-18(24-10-9-23-8-4-5-17(23)14-24)12-16(2)20(15)22-19(25)13-21(3)6-7-21/h4-5,8,11-12H,6-7,9-10,13-14H2,1-3H3,(H,22,25). The third kappa shape index (κ3) is 3.30. The lowest BCUT2D eigenvalue weighted by Gasteiger charge is -2.31. The van der Waals surface area contributed by atoms with Gasteiger partial charge in [-0.25, -0.2) is 0 Å². The zero-order valence-corrected chi connectivity index (χ0v) is 15.4. The van der Waals surface area contributed by atoms with Crippen LogP contribution in [0, 0.1) is 19.3 Å². The highest BCUT2D eigenvalue weighted by Crippen LogP contribution is 2.48. The molecule has 4 heteroatoms. The van der Waals surface area contributed by atoms with Crippen molar-refractivity contribution >= 4 is 17.3 Å². The fourth-order valence-corrected chi connectivity index (χ4v) is 3.82. The molecule has 1 fully saturated rings. The van der Waals surface area contributed by atoms with E-state index in [1.807, 2.05) is 0 Å². The molecule has 1 N–H and O–H groups in total. The number of nitrogens with one attached hydrogen (secondary N) is 1. The van der Waals surface area contributed by atoms with Crippen LogP contribution < -0.4 is 10.2 Å². The van der Waals surface area contributed by atoms with Gasteiger partial charge in [0.05, 0.1) is 6.54 Å². The summed E-state index contributed by atoms with van der Waals surface area (Å²) in [5.41, 5.74) is 6.12. The number of anilines is 2. The molecule has 4 rings (SSSR count). The predicted octanol–water partition coefficient (Wildman–Crippen LogP) is 4.25. The molecule has 0 bridgehead atoms. The van der Waals surface area contributed by atoms with E-state index in [0.717, 1.165) is 36.4 Å². The van der Waals surface area contributed by atoms with Crippen LogP contribution in [-0.2, 0) is 17.9 Å². The summed E-state index contributed by atoms with van der Waals surface area (Å²) in [6, 6.07) is 8.73. The molecule has 0 saturated heterocycles. The monoisotopic (exact) mass is 337 g/mol. The number of benzene rings is 1. The van der Waals surface area contributed by atoms with Gasteiger partial charge in [0.2, 0.25) is 5.91 Å². The summed E-state index contributed by atoms with van der Waals surface area (Å²) in [5, 5.41) is 3.16. The van der Waals surface area contributed by atoms with Crippen LogP contribution in [0.4, 0.5) is 11.4 Å². The number of aryl methyl sites for hydroxylation is 2. The van der Waals surface area contributed by atoms with Gasteiger partial charge < -0.3 is 14.8 Å². The Morgan fingerprint density at radius 1 is 1.20 bits per heavy atom. The summed E-state index contributed by atoms with van der Waals surface area (Å²) in [5.74, 6) is 0.148. The number of hydrogen-bond acceptors (Lipinski definition) is 2.